The third kappa shape index (κ3) is 7.25. The van der Waals surface area contributed by atoms with Crippen LogP contribution in [-0.2, 0) is 17.7 Å². The minimum atomic E-state index is -0.581. The van der Waals surface area contributed by atoms with Gasteiger partial charge >= 0.3 is 0 Å². The summed E-state index contributed by atoms with van der Waals surface area (Å²) in [4.78, 5) is 20.6. The highest BCUT2D eigenvalue weighted by Gasteiger charge is 2.16. The molecule has 1 saturated heterocycles. The lowest BCUT2D eigenvalue weighted by Crippen LogP contribution is -2.35. The van der Waals surface area contributed by atoms with Crippen LogP contribution in [0.5, 0.6) is 5.75 Å². The number of benzene rings is 2. The van der Waals surface area contributed by atoms with Crippen molar-refractivity contribution < 1.29 is 14.2 Å². The summed E-state index contributed by atoms with van der Waals surface area (Å²) in [5.41, 5.74) is 3.73. The number of rotatable bonds is 9. The van der Waals surface area contributed by atoms with Crippen LogP contribution in [0, 0.1) is 11.8 Å². The Morgan fingerprint density at radius 2 is 1.75 bits per heavy atom. The Hall–Kier alpha value is -3.51. The number of hydrogen-bond donors (Lipinski definition) is 3. The second kappa shape index (κ2) is 13.0. The summed E-state index contributed by atoms with van der Waals surface area (Å²) in [6.07, 6.45) is 1.94. The molecule has 4 rings (SSSR count). The van der Waals surface area contributed by atoms with E-state index in [1.165, 1.54) is 11.9 Å². The maximum atomic E-state index is 12.6. The van der Waals surface area contributed by atoms with Gasteiger partial charge in [-0.25, -0.2) is 4.98 Å². The van der Waals surface area contributed by atoms with Crippen LogP contribution < -0.4 is 10.9 Å². The highest BCUT2D eigenvalue weighted by atomic mass is 19.1. The van der Waals surface area contributed by atoms with Crippen LogP contribution >= 0.6 is 0 Å². The second-order valence-electron chi connectivity index (χ2n) is 8.74. The monoisotopic (exact) mass is 490 g/mol. The molecule has 36 heavy (non-hydrogen) atoms. The fourth-order valence-corrected chi connectivity index (χ4v) is 4.08. The van der Waals surface area contributed by atoms with Gasteiger partial charge in [0.25, 0.3) is 5.56 Å². The topological polar surface area (TPSA) is 90.5 Å². The van der Waals surface area contributed by atoms with E-state index in [4.69, 9.17) is 4.74 Å². The predicted octanol–water partition coefficient (Wildman–Crippen LogP) is 2.94. The van der Waals surface area contributed by atoms with Crippen LogP contribution in [0.1, 0.15) is 40.4 Å². The van der Waals surface area contributed by atoms with Crippen LogP contribution in [0.4, 0.5) is 4.39 Å². The number of nitrogens with one attached hydrogen (secondary N) is 2. The van der Waals surface area contributed by atoms with Crippen molar-refractivity contribution in [2.45, 2.75) is 25.4 Å². The van der Waals surface area contributed by atoms with Gasteiger partial charge in [0.2, 0.25) is 5.75 Å². The Labute approximate surface area is 210 Å². The van der Waals surface area contributed by atoms with Gasteiger partial charge in [0.05, 0.1) is 31.9 Å². The predicted molar refractivity (Wildman–Crippen MR) is 137 cm³/mol. The molecule has 7 nitrogen and oxygen atoms in total. The molecule has 3 N–H and O–H groups in total. The van der Waals surface area contributed by atoms with E-state index >= 15 is 0 Å². The molecule has 1 atom stereocenters. The molecular weight excluding hydrogens is 459 g/mol. The summed E-state index contributed by atoms with van der Waals surface area (Å²) in [6, 6.07) is 15.9. The maximum Gasteiger partial charge on any atom is 0.293 e. The Morgan fingerprint density at radius 3 is 2.42 bits per heavy atom. The van der Waals surface area contributed by atoms with Crippen LogP contribution in [0.2, 0.25) is 0 Å². The van der Waals surface area contributed by atoms with Gasteiger partial charge < -0.3 is 20.1 Å². The van der Waals surface area contributed by atoms with Gasteiger partial charge in [0.15, 0.2) is 0 Å². The summed E-state index contributed by atoms with van der Waals surface area (Å²) in [6.45, 7) is 4.48. The van der Waals surface area contributed by atoms with Crippen LogP contribution in [-0.4, -0.2) is 59.5 Å². The summed E-state index contributed by atoms with van der Waals surface area (Å²) in [7, 11) is 0. The van der Waals surface area contributed by atoms with Crippen molar-refractivity contribution in [3.63, 3.8) is 0 Å². The minimum Gasteiger partial charge on any atom is -0.502 e. The molecule has 2 heterocycles. The normalized spacial score (nSPS) is 14.7. The molecule has 2 aromatic carbocycles. The summed E-state index contributed by atoms with van der Waals surface area (Å²) < 4.78 is 18.0. The molecule has 0 unspecified atom stereocenters. The highest BCUT2D eigenvalue weighted by molar-refractivity contribution is 5.44. The lowest BCUT2D eigenvalue weighted by atomic mass is 9.99. The van der Waals surface area contributed by atoms with Crippen molar-refractivity contribution in [3.8, 4) is 17.6 Å². The molecule has 0 spiro atoms. The Morgan fingerprint density at radius 1 is 1.08 bits per heavy atom. The van der Waals surface area contributed by atoms with Gasteiger partial charge in [-0.05, 0) is 48.4 Å². The Balaban J connectivity index is 1.42. The molecule has 1 fully saturated rings. The number of halogens is 1. The number of ether oxygens (including phenoxy) is 1. The van der Waals surface area contributed by atoms with Crippen molar-refractivity contribution in [2.24, 2.45) is 0 Å². The van der Waals surface area contributed by atoms with Crippen molar-refractivity contribution in [2.75, 3.05) is 39.5 Å². The average molecular weight is 491 g/mol. The molecule has 1 aromatic heterocycles. The van der Waals surface area contributed by atoms with E-state index in [1.54, 1.807) is 0 Å². The molecule has 1 aliphatic rings. The van der Waals surface area contributed by atoms with E-state index in [0.29, 0.717) is 19.4 Å². The first-order chi connectivity index (χ1) is 17.6. The Bertz CT molecular complexity index is 1230. The van der Waals surface area contributed by atoms with Gasteiger partial charge in [-0.15, -0.1) is 0 Å². The molecule has 1 aliphatic heterocycles. The van der Waals surface area contributed by atoms with Crippen LogP contribution in [0.3, 0.4) is 0 Å². The van der Waals surface area contributed by atoms with E-state index in [1.807, 2.05) is 36.4 Å². The molecule has 0 bridgehead atoms. The zero-order chi connectivity index (χ0) is 25.2. The van der Waals surface area contributed by atoms with Gasteiger partial charge in [-0.1, -0.05) is 36.1 Å². The number of alkyl halides is 1. The number of aromatic amines is 1. The second-order valence-corrected chi connectivity index (χ2v) is 8.74. The largest absolute Gasteiger partial charge is 0.502 e. The van der Waals surface area contributed by atoms with Crippen molar-refractivity contribution >= 4 is 0 Å². The van der Waals surface area contributed by atoms with Gasteiger partial charge in [-0.3, -0.25) is 14.1 Å². The quantitative estimate of drug-likeness (QED) is 0.316. The third-order valence-electron chi connectivity index (χ3n) is 6.13. The van der Waals surface area contributed by atoms with Gasteiger partial charge in [0, 0.05) is 43.2 Å². The van der Waals surface area contributed by atoms with Gasteiger partial charge in [-0.2, -0.15) is 0 Å². The molecule has 8 heteroatoms. The van der Waals surface area contributed by atoms with Crippen molar-refractivity contribution in [3.05, 3.63) is 93.2 Å². The van der Waals surface area contributed by atoms with E-state index < -0.39 is 18.0 Å². The summed E-state index contributed by atoms with van der Waals surface area (Å²) in [5.74, 6) is 6.02. The lowest BCUT2D eigenvalue weighted by Gasteiger charge is -2.26. The zero-order valence-corrected chi connectivity index (χ0v) is 20.2. The Kier molecular flexibility index (Phi) is 9.22. The van der Waals surface area contributed by atoms with Crippen LogP contribution in [0.15, 0.2) is 59.7 Å². The van der Waals surface area contributed by atoms with Crippen LogP contribution in [0.25, 0.3) is 0 Å². The molecule has 3 aromatic rings. The number of aromatic hydroxyl groups is 1. The molecule has 0 radical (unpaired) electrons. The smallest absolute Gasteiger partial charge is 0.293 e. The lowest BCUT2D eigenvalue weighted by molar-refractivity contribution is 0.0342. The molecular formula is C28H31FN4O3. The molecule has 0 saturated carbocycles. The highest BCUT2D eigenvalue weighted by Crippen LogP contribution is 2.21. The van der Waals surface area contributed by atoms with E-state index in [0.717, 1.165) is 49.5 Å². The standard InChI is InChI=1S/C28H31FN4O3/c29-12-1-13-30-25(18-26-27(34)28(35)32-20-31-26)24-10-8-22(9-11-24)3-2-21-4-6-23(7-5-21)19-33-14-16-36-17-15-33/h4-11,20,25,30,34H,1,12-19H2,(H,31,32,35)/t25-/m1/s1. The first-order valence-electron chi connectivity index (χ1n) is 12.2. The number of hydrogen-bond acceptors (Lipinski definition) is 6. The van der Waals surface area contributed by atoms with E-state index in [-0.39, 0.29) is 11.7 Å². The fourth-order valence-electron chi connectivity index (χ4n) is 4.08. The first kappa shape index (κ1) is 25.6. The zero-order valence-electron chi connectivity index (χ0n) is 20.2. The maximum absolute atomic E-state index is 12.6. The van der Waals surface area contributed by atoms with E-state index in [2.05, 4.69) is 44.2 Å². The molecule has 0 amide bonds. The van der Waals surface area contributed by atoms with Gasteiger partial charge in [0.1, 0.15) is 0 Å². The molecule has 0 aliphatic carbocycles. The SMILES string of the molecule is O=c1[nH]cnc(C[C@@H](NCCCF)c2ccc(C#Cc3ccc(CN4CCOCC4)cc3)cc2)c1O. The number of nitrogens with zero attached hydrogens (tertiary/aromatic N) is 2. The number of aromatic nitrogens is 2. The van der Waals surface area contributed by atoms with E-state index in [9.17, 15) is 14.3 Å². The average Bonchev–Trinajstić information content (AvgIpc) is 2.91. The molecule has 188 valence electrons. The number of H-pyrrole nitrogens is 1. The van der Waals surface area contributed by atoms with Crippen molar-refractivity contribution in [1.29, 1.82) is 0 Å². The first-order valence-corrected chi connectivity index (χ1v) is 12.2. The summed E-state index contributed by atoms with van der Waals surface area (Å²) >= 11 is 0. The fraction of sp³-hybridized carbons (Fsp3) is 0.357. The summed E-state index contributed by atoms with van der Waals surface area (Å²) in [5, 5.41) is 13.4. The number of morpholine rings is 1. The third-order valence-corrected chi connectivity index (χ3v) is 6.13. The van der Waals surface area contributed by atoms with Crippen molar-refractivity contribution in [1.82, 2.24) is 20.2 Å². The minimum absolute atomic E-state index is 0.238.